The van der Waals surface area contributed by atoms with Crippen LogP contribution in [0.2, 0.25) is 0 Å². The summed E-state index contributed by atoms with van der Waals surface area (Å²) in [7, 11) is -2.88. The van der Waals surface area contributed by atoms with E-state index in [0.717, 1.165) is 32.1 Å². The quantitative estimate of drug-likeness (QED) is 0.826. The smallest absolute Gasteiger partial charge is 0.150 e. The summed E-state index contributed by atoms with van der Waals surface area (Å²) in [5.41, 5.74) is 6.16. The molecule has 0 radical (unpaired) electrons. The van der Waals surface area contributed by atoms with E-state index in [1.54, 1.807) is 0 Å². The van der Waals surface area contributed by atoms with Crippen LogP contribution in [0, 0.1) is 11.8 Å². The van der Waals surface area contributed by atoms with Gasteiger partial charge >= 0.3 is 0 Å². The minimum atomic E-state index is -2.88. The summed E-state index contributed by atoms with van der Waals surface area (Å²) in [6.45, 7) is 4.33. The predicted octanol–water partition coefficient (Wildman–Crippen LogP) is 1.96. The number of sulfone groups is 1. The molecule has 0 saturated heterocycles. The maximum atomic E-state index is 11.5. The number of rotatable bonds is 4. The molecule has 0 aromatic heterocycles. The Labute approximate surface area is 99.7 Å². The van der Waals surface area contributed by atoms with E-state index in [9.17, 15) is 8.42 Å². The summed E-state index contributed by atoms with van der Waals surface area (Å²) in [5.74, 6) is 0.990. The molecule has 1 aliphatic rings. The molecule has 16 heavy (non-hydrogen) atoms. The van der Waals surface area contributed by atoms with Crippen LogP contribution in [0.1, 0.15) is 46.0 Å². The maximum Gasteiger partial charge on any atom is 0.150 e. The van der Waals surface area contributed by atoms with Crippen LogP contribution >= 0.6 is 0 Å². The first-order chi connectivity index (χ1) is 7.30. The molecule has 0 aromatic rings. The van der Waals surface area contributed by atoms with E-state index in [4.69, 9.17) is 5.73 Å². The van der Waals surface area contributed by atoms with E-state index in [2.05, 4.69) is 13.8 Å². The average molecular weight is 247 g/mol. The van der Waals surface area contributed by atoms with Crippen molar-refractivity contribution in [2.45, 2.75) is 57.2 Å². The van der Waals surface area contributed by atoms with Crippen LogP contribution in [0.3, 0.4) is 0 Å². The zero-order chi connectivity index (χ0) is 12.3. The van der Waals surface area contributed by atoms with Crippen molar-refractivity contribution in [3.8, 4) is 0 Å². The monoisotopic (exact) mass is 247 g/mol. The summed E-state index contributed by atoms with van der Waals surface area (Å²) in [4.78, 5) is 0. The Balaban J connectivity index is 2.57. The molecular formula is C12H25NO2S. The van der Waals surface area contributed by atoms with Gasteiger partial charge in [-0.25, -0.2) is 8.42 Å². The number of hydrogen-bond acceptors (Lipinski definition) is 3. The molecule has 1 rings (SSSR count). The second kappa shape index (κ2) is 5.50. The fraction of sp³-hybridized carbons (Fsp3) is 1.00. The highest BCUT2D eigenvalue weighted by molar-refractivity contribution is 7.91. The van der Waals surface area contributed by atoms with Gasteiger partial charge in [-0.3, -0.25) is 0 Å². The van der Waals surface area contributed by atoms with Crippen molar-refractivity contribution >= 4 is 9.84 Å². The van der Waals surface area contributed by atoms with Gasteiger partial charge in [-0.15, -0.1) is 0 Å². The van der Waals surface area contributed by atoms with Gasteiger partial charge < -0.3 is 5.73 Å². The second-order valence-corrected chi connectivity index (χ2v) is 8.00. The van der Waals surface area contributed by atoms with E-state index in [1.807, 2.05) is 0 Å². The van der Waals surface area contributed by atoms with Crippen LogP contribution in [0.25, 0.3) is 0 Å². The van der Waals surface area contributed by atoms with Gasteiger partial charge in [-0.1, -0.05) is 20.3 Å². The standard InChI is InChI=1S/C12H25NO2S/c1-9(2)7-12(13)10-5-4-6-11(8-10)16(3,14)15/h9-12H,4-8,13H2,1-3H3. The van der Waals surface area contributed by atoms with E-state index in [1.165, 1.54) is 6.26 Å². The van der Waals surface area contributed by atoms with Crippen molar-refractivity contribution in [2.75, 3.05) is 6.26 Å². The molecule has 1 aliphatic carbocycles. The Hall–Kier alpha value is -0.0900. The summed E-state index contributed by atoms with van der Waals surface area (Å²) in [5, 5.41) is -0.149. The Morgan fingerprint density at radius 2 is 1.94 bits per heavy atom. The topological polar surface area (TPSA) is 60.2 Å². The highest BCUT2D eigenvalue weighted by Crippen LogP contribution is 2.31. The van der Waals surface area contributed by atoms with Crippen molar-refractivity contribution in [3.63, 3.8) is 0 Å². The zero-order valence-electron chi connectivity index (χ0n) is 10.6. The fourth-order valence-electron chi connectivity index (χ4n) is 2.70. The highest BCUT2D eigenvalue weighted by Gasteiger charge is 2.31. The number of hydrogen-bond donors (Lipinski definition) is 1. The van der Waals surface area contributed by atoms with Gasteiger partial charge in [0.1, 0.15) is 9.84 Å². The van der Waals surface area contributed by atoms with Crippen LogP contribution in [-0.4, -0.2) is 26.0 Å². The lowest BCUT2D eigenvalue weighted by molar-refractivity contribution is 0.279. The molecule has 1 saturated carbocycles. The first-order valence-corrected chi connectivity index (χ1v) is 8.20. The van der Waals surface area contributed by atoms with Crippen molar-refractivity contribution in [1.82, 2.24) is 0 Å². The van der Waals surface area contributed by atoms with Gasteiger partial charge in [0.15, 0.2) is 0 Å². The largest absolute Gasteiger partial charge is 0.327 e. The first-order valence-electron chi connectivity index (χ1n) is 6.25. The first kappa shape index (κ1) is 14.0. The second-order valence-electron chi connectivity index (χ2n) is 5.67. The van der Waals surface area contributed by atoms with Crippen LogP contribution in [0.4, 0.5) is 0 Å². The molecule has 3 unspecified atom stereocenters. The molecule has 3 atom stereocenters. The Morgan fingerprint density at radius 3 is 2.44 bits per heavy atom. The van der Waals surface area contributed by atoms with E-state index in [0.29, 0.717) is 11.8 Å². The third kappa shape index (κ3) is 4.06. The third-order valence-corrected chi connectivity index (χ3v) is 5.26. The summed E-state index contributed by atoms with van der Waals surface area (Å²) in [6.07, 6.45) is 6.06. The summed E-state index contributed by atoms with van der Waals surface area (Å²) in [6, 6.07) is 0.171. The molecule has 0 spiro atoms. The Morgan fingerprint density at radius 1 is 1.31 bits per heavy atom. The number of nitrogens with two attached hydrogens (primary N) is 1. The van der Waals surface area contributed by atoms with Crippen molar-refractivity contribution in [3.05, 3.63) is 0 Å². The van der Waals surface area contributed by atoms with Crippen LogP contribution < -0.4 is 5.73 Å². The molecule has 0 aliphatic heterocycles. The van der Waals surface area contributed by atoms with E-state index < -0.39 is 9.84 Å². The molecule has 0 heterocycles. The van der Waals surface area contributed by atoms with Crippen LogP contribution in [0.15, 0.2) is 0 Å². The molecule has 0 amide bonds. The van der Waals surface area contributed by atoms with Gasteiger partial charge in [0.2, 0.25) is 0 Å². The molecule has 96 valence electrons. The van der Waals surface area contributed by atoms with Crippen molar-refractivity contribution in [1.29, 1.82) is 0 Å². The molecule has 0 aromatic carbocycles. The maximum absolute atomic E-state index is 11.5. The minimum absolute atomic E-state index is 0.149. The van der Waals surface area contributed by atoms with Crippen LogP contribution in [-0.2, 0) is 9.84 Å². The molecule has 0 bridgehead atoms. The SMILES string of the molecule is CC(C)CC(N)C1CCCC(S(C)(=O)=O)C1. The molecule has 1 fully saturated rings. The lowest BCUT2D eigenvalue weighted by Crippen LogP contribution is -2.38. The Bertz CT molecular complexity index is 311. The zero-order valence-corrected chi connectivity index (χ0v) is 11.5. The fourth-order valence-corrected chi connectivity index (χ4v) is 3.89. The molecule has 3 nitrogen and oxygen atoms in total. The third-order valence-electron chi connectivity index (χ3n) is 3.62. The highest BCUT2D eigenvalue weighted by atomic mass is 32.2. The van der Waals surface area contributed by atoms with Crippen molar-refractivity contribution < 1.29 is 8.42 Å². The predicted molar refractivity (Wildman–Crippen MR) is 68.0 cm³/mol. The van der Waals surface area contributed by atoms with Gasteiger partial charge in [0.25, 0.3) is 0 Å². The summed E-state index contributed by atoms with van der Waals surface area (Å²) >= 11 is 0. The van der Waals surface area contributed by atoms with E-state index >= 15 is 0 Å². The Kier molecular flexibility index (Phi) is 4.80. The van der Waals surface area contributed by atoms with E-state index in [-0.39, 0.29) is 11.3 Å². The summed E-state index contributed by atoms with van der Waals surface area (Å²) < 4.78 is 23.1. The lowest BCUT2D eigenvalue weighted by atomic mass is 9.81. The van der Waals surface area contributed by atoms with Crippen molar-refractivity contribution in [2.24, 2.45) is 17.6 Å². The molecule has 2 N–H and O–H groups in total. The van der Waals surface area contributed by atoms with Gasteiger partial charge in [-0.05, 0) is 37.5 Å². The van der Waals surface area contributed by atoms with Crippen LogP contribution in [0.5, 0.6) is 0 Å². The molecular weight excluding hydrogens is 222 g/mol. The minimum Gasteiger partial charge on any atom is -0.327 e. The molecule has 4 heteroatoms. The normalized spacial score (nSPS) is 29.3. The lowest BCUT2D eigenvalue weighted by Gasteiger charge is -2.32. The van der Waals surface area contributed by atoms with Gasteiger partial charge in [-0.2, -0.15) is 0 Å². The van der Waals surface area contributed by atoms with Gasteiger partial charge in [0, 0.05) is 12.3 Å². The van der Waals surface area contributed by atoms with Gasteiger partial charge in [0.05, 0.1) is 5.25 Å². The average Bonchev–Trinajstić information content (AvgIpc) is 2.15.